The quantitative estimate of drug-likeness (QED) is 0.452. The number of hydrogen-bond acceptors (Lipinski definition) is 1. The van der Waals surface area contributed by atoms with Gasteiger partial charge in [-0.2, -0.15) is 0 Å². The number of halogens is 1. The summed E-state index contributed by atoms with van der Waals surface area (Å²) in [5.41, 5.74) is 1.46. The highest BCUT2D eigenvalue weighted by atomic mass is 35.5. The Morgan fingerprint density at radius 2 is 2.38 bits per heavy atom. The lowest BCUT2D eigenvalue weighted by atomic mass is 10.4. The molecule has 0 rings (SSSR count). The Labute approximate surface area is 60.6 Å². The molecule has 2 heteroatoms. The first kappa shape index (κ1) is 8.12. The molecule has 0 aliphatic heterocycles. The smallest absolute Gasteiger partial charge is 0.00427 e. The second-order valence-corrected chi connectivity index (χ2v) is 2.16. The largest absolute Gasteiger partial charge is 0.148 e. The van der Waals surface area contributed by atoms with Crippen molar-refractivity contribution in [3.05, 3.63) is 22.6 Å². The van der Waals surface area contributed by atoms with Crippen LogP contribution in [-0.2, 0) is 0 Å². The summed E-state index contributed by atoms with van der Waals surface area (Å²) in [4.78, 5) is 1.04. The molecular weight excluding hydrogens is 140 g/mol. The summed E-state index contributed by atoms with van der Waals surface area (Å²) in [6.45, 7) is 2.04. The molecule has 0 nitrogen and oxygen atoms in total. The fourth-order valence-corrected chi connectivity index (χ4v) is 0.424. The predicted molar refractivity (Wildman–Crippen MR) is 42.4 cm³/mol. The standard InChI is InChI=1S/C6H9ClS/c1-2-6(8)4-3-5-7/h3-5,8H,2H2,1H3/b5-3+,6-4-. The van der Waals surface area contributed by atoms with Crippen molar-refractivity contribution < 1.29 is 0 Å². The third kappa shape index (κ3) is 4.28. The molecule has 0 fully saturated rings. The molecule has 0 amide bonds. The highest BCUT2D eigenvalue weighted by Crippen LogP contribution is 2.04. The average Bonchev–Trinajstić information content (AvgIpc) is 1.83. The summed E-state index contributed by atoms with van der Waals surface area (Å²) in [7, 11) is 0. The van der Waals surface area contributed by atoms with Crippen LogP contribution in [0.5, 0.6) is 0 Å². The molecule has 0 aromatic carbocycles. The van der Waals surface area contributed by atoms with Crippen LogP contribution >= 0.6 is 24.2 Å². The molecule has 8 heavy (non-hydrogen) atoms. The SMILES string of the molecule is CC/C(S)=C/C=C/Cl. The molecule has 0 saturated heterocycles. The Hall–Kier alpha value is 0.120. The van der Waals surface area contributed by atoms with Crippen LogP contribution in [0, 0.1) is 0 Å². The van der Waals surface area contributed by atoms with Gasteiger partial charge in [-0.05, 0) is 11.3 Å². The molecule has 0 unspecified atom stereocenters. The van der Waals surface area contributed by atoms with Crippen LogP contribution in [-0.4, -0.2) is 0 Å². The van der Waals surface area contributed by atoms with Gasteiger partial charge in [-0.1, -0.05) is 30.7 Å². The first-order valence-electron chi connectivity index (χ1n) is 2.46. The summed E-state index contributed by atoms with van der Waals surface area (Å²) in [6, 6.07) is 0. The van der Waals surface area contributed by atoms with Gasteiger partial charge in [0.2, 0.25) is 0 Å². The highest BCUT2D eigenvalue weighted by Gasteiger charge is 1.77. The van der Waals surface area contributed by atoms with Crippen molar-refractivity contribution in [3.8, 4) is 0 Å². The van der Waals surface area contributed by atoms with E-state index in [1.165, 1.54) is 5.54 Å². The highest BCUT2D eigenvalue weighted by molar-refractivity contribution is 7.84. The Morgan fingerprint density at radius 1 is 1.75 bits per heavy atom. The Kier molecular flexibility index (Phi) is 5.34. The van der Waals surface area contributed by atoms with Crippen molar-refractivity contribution in [2.45, 2.75) is 13.3 Å². The number of rotatable bonds is 2. The third-order valence-corrected chi connectivity index (χ3v) is 1.33. The van der Waals surface area contributed by atoms with E-state index in [1.807, 2.05) is 13.0 Å². The Bertz CT molecular complexity index is 105. The van der Waals surface area contributed by atoms with E-state index < -0.39 is 0 Å². The zero-order chi connectivity index (χ0) is 6.41. The van der Waals surface area contributed by atoms with Gasteiger partial charge in [-0.15, -0.1) is 12.6 Å². The normalized spacial score (nSPS) is 13.1. The third-order valence-electron chi connectivity index (χ3n) is 0.724. The van der Waals surface area contributed by atoms with Crippen LogP contribution in [0.1, 0.15) is 13.3 Å². The van der Waals surface area contributed by atoms with Crippen LogP contribution < -0.4 is 0 Å². The van der Waals surface area contributed by atoms with Crippen LogP contribution in [0.4, 0.5) is 0 Å². The Balaban J connectivity index is 3.57. The minimum absolute atomic E-state index is 0.963. The first-order valence-corrected chi connectivity index (χ1v) is 3.34. The summed E-state index contributed by atoms with van der Waals surface area (Å²) >= 11 is 9.36. The number of hydrogen-bond donors (Lipinski definition) is 1. The minimum Gasteiger partial charge on any atom is -0.148 e. The van der Waals surface area contributed by atoms with Crippen molar-refractivity contribution in [3.63, 3.8) is 0 Å². The molecule has 0 bridgehead atoms. The van der Waals surface area contributed by atoms with Crippen LogP contribution in [0.2, 0.25) is 0 Å². The van der Waals surface area contributed by atoms with Gasteiger partial charge in [0.1, 0.15) is 0 Å². The van der Waals surface area contributed by atoms with Crippen LogP contribution in [0.3, 0.4) is 0 Å². The summed E-state index contributed by atoms with van der Waals surface area (Å²) < 4.78 is 0. The summed E-state index contributed by atoms with van der Waals surface area (Å²) in [5, 5.41) is 0. The van der Waals surface area contributed by atoms with E-state index in [4.69, 9.17) is 11.6 Å². The molecule has 0 heterocycles. The van der Waals surface area contributed by atoms with E-state index in [1.54, 1.807) is 6.08 Å². The predicted octanol–water partition coefficient (Wildman–Crippen LogP) is 2.96. The fraction of sp³-hybridized carbons (Fsp3) is 0.333. The molecule has 0 atom stereocenters. The fourth-order valence-electron chi connectivity index (χ4n) is 0.265. The summed E-state index contributed by atoms with van der Waals surface area (Å²) in [5.74, 6) is 0. The summed E-state index contributed by atoms with van der Waals surface area (Å²) in [6.07, 6.45) is 4.59. The van der Waals surface area contributed by atoms with Gasteiger partial charge in [0, 0.05) is 5.54 Å². The van der Waals surface area contributed by atoms with Gasteiger partial charge in [0.05, 0.1) is 0 Å². The monoisotopic (exact) mass is 148 g/mol. The van der Waals surface area contributed by atoms with Gasteiger partial charge in [-0.3, -0.25) is 0 Å². The zero-order valence-corrected chi connectivity index (χ0v) is 6.41. The van der Waals surface area contributed by atoms with Gasteiger partial charge in [0.25, 0.3) is 0 Å². The molecule has 0 radical (unpaired) electrons. The van der Waals surface area contributed by atoms with Crippen LogP contribution in [0.15, 0.2) is 22.6 Å². The molecular formula is C6H9ClS. The van der Waals surface area contributed by atoms with E-state index in [0.29, 0.717) is 0 Å². The second kappa shape index (κ2) is 5.26. The molecule has 0 aromatic rings. The van der Waals surface area contributed by atoms with Crippen molar-refractivity contribution in [1.82, 2.24) is 0 Å². The molecule has 0 aliphatic rings. The van der Waals surface area contributed by atoms with Crippen molar-refractivity contribution in [2.24, 2.45) is 0 Å². The zero-order valence-electron chi connectivity index (χ0n) is 4.76. The maximum atomic E-state index is 5.24. The lowest BCUT2D eigenvalue weighted by Gasteiger charge is -1.85. The maximum Gasteiger partial charge on any atom is 0.00427 e. The van der Waals surface area contributed by atoms with E-state index in [2.05, 4.69) is 12.6 Å². The molecule has 0 aliphatic carbocycles. The topological polar surface area (TPSA) is 0 Å². The lowest BCUT2D eigenvalue weighted by Crippen LogP contribution is -1.61. The van der Waals surface area contributed by atoms with Gasteiger partial charge in [0.15, 0.2) is 0 Å². The van der Waals surface area contributed by atoms with E-state index >= 15 is 0 Å². The molecule has 0 aromatic heterocycles. The van der Waals surface area contributed by atoms with E-state index in [-0.39, 0.29) is 0 Å². The number of allylic oxidation sites excluding steroid dienone is 3. The van der Waals surface area contributed by atoms with Crippen molar-refractivity contribution in [1.29, 1.82) is 0 Å². The first-order chi connectivity index (χ1) is 3.81. The van der Waals surface area contributed by atoms with Crippen molar-refractivity contribution >= 4 is 24.2 Å². The lowest BCUT2D eigenvalue weighted by molar-refractivity contribution is 1.20. The molecule has 0 spiro atoms. The second-order valence-electron chi connectivity index (χ2n) is 1.33. The van der Waals surface area contributed by atoms with Gasteiger partial charge in [-0.25, -0.2) is 0 Å². The number of thiol groups is 1. The van der Waals surface area contributed by atoms with Crippen molar-refractivity contribution in [2.75, 3.05) is 0 Å². The van der Waals surface area contributed by atoms with E-state index in [9.17, 15) is 0 Å². The maximum absolute atomic E-state index is 5.24. The van der Waals surface area contributed by atoms with Crippen LogP contribution in [0.25, 0.3) is 0 Å². The molecule has 46 valence electrons. The minimum atomic E-state index is 0.963. The average molecular weight is 149 g/mol. The van der Waals surface area contributed by atoms with E-state index in [0.717, 1.165) is 11.3 Å². The van der Waals surface area contributed by atoms with Gasteiger partial charge < -0.3 is 0 Å². The molecule has 0 N–H and O–H groups in total. The Morgan fingerprint density at radius 3 is 2.75 bits per heavy atom. The van der Waals surface area contributed by atoms with Gasteiger partial charge >= 0.3 is 0 Å². The molecule has 0 saturated carbocycles.